The van der Waals surface area contributed by atoms with Crippen molar-refractivity contribution >= 4 is 5.69 Å². The lowest BCUT2D eigenvalue weighted by Gasteiger charge is -2.31. The van der Waals surface area contributed by atoms with Crippen LogP contribution in [0.25, 0.3) is 0 Å². The Balaban J connectivity index is 1.65. The lowest BCUT2D eigenvalue weighted by Crippen LogP contribution is -2.44. The van der Waals surface area contributed by atoms with Gasteiger partial charge in [0, 0.05) is 58.0 Å². The molecule has 2 heterocycles. The molecule has 1 fully saturated rings. The highest BCUT2D eigenvalue weighted by Crippen LogP contribution is 2.31. The van der Waals surface area contributed by atoms with E-state index < -0.39 is 0 Å². The molecule has 4 nitrogen and oxygen atoms in total. The van der Waals surface area contributed by atoms with Crippen molar-refractivity contribution in [1.82, 2.24) is 15.1 Å². The second-order valence-corrected chi connectivity index (χ2v) is 6.39. The number of fused-ring (bicyclic) bond motifs is 1. The summed E-state index contributed by atoms with van der Waals surface area (Å²) in [5.41, 5.74) is 4.59. The van der Waals surface area contributed by atoms with Gasteiger partial charge in [0.2, 0.25) is 0 Å². The molecule has 0 saturated carbocycles. The molecule has 0 unspecified atom stereocenters. The van der Waals surface area contributed by atoms with Gasteiger partial charge in [-0.1, -0.05) is 26.0 Å². The highest BCUT2D eigenvalue weighted by Gasteiger charge is 2.24. The van der Waals surface area contributed by atoms with Crippen molar-refractivity contribution in [3.8, 4) is 0 Å². The number of hydrogen-bond donors (Lipinski definition) is 1. The average Bonchev–Trinajstić information content (AvgIpc) is 2.99. The van der Waals surface area contributed by atoms with Crippen LogP contribution in [-0.2, 0) is 13.1 Å². The minimum Gasteiger partial charge on any atom is -0.369 e. The predicted molar refractivity (Wildman–Crippen MR) is 93.4 cm³/mol. The summed E-state index contributed by atoms with van der Waals surface area (Å²) in [5.74, 6) is 0. The zero-order valence-corrected chi connectivity index (χ0v) is 14.1. The van der Waals surface area contributed by atoms with Gasteiger partial charge in [-0.2, -0.15) is 0 Å². The van der Waals surface area contributed by atoms with E-state index in [4.69, 9.17) is 0 Å². The number of rotatable bonds is 6. The quantitative estimate of drug-likeness (QED) is 0.864. The van der Waals surface area contributed by atoms with Gasteiger partial charge >= 0.3 is 0 Å². The summed E-state index contributed by atoms with van der Waals surface area (Å²) < 4.78 is 0. The second-order valence-electron chi connectivity index (χ2n) is 6.39. The van der Waals surface area contributed by atoms with E-state index in [0.29, 0.717) is 0 Å². The van der Waals surface area contributed by atoms with Crippen molar-refractivity contribution in [2.45, 2.75) is 26.9 Å². The number of hydrogen-bond acceptors (Lipinski definition) is 4. The molecular weight excluding hydrogens is 272 g/mol. The van der Waals surface area contributed by atoms with Crippen molar-refractivity contribution < 1.29 is 0 Å². The van der Waals surface area contributed by atoms with E-state index >= 15 is 0 Å². The molecule has 1 N–H and O–H groups in total. The molecule has 0 aliphatic carbocycles. The molecule has 2 aliphatic rings. The summed E-state index contributed by atoms with van der Waals surface area (Å²) in [6, 6.07) is 6.88. The summed E-state index contributed by atoms with van der Waals surface area (Å²) in [4.78, 5) is 7.68. The van der Waals surface area contributed by atoms with Crippen LogP contribution in [0, 0.1) is 0 Å². The van der Waals surface area contributed by atoms with Crippen LogP contribution in [0.5, 0.6) is 0 Å². The van der Waals surface area contributed by atoms with Crippen LogP contribution in [-0.4, -0.2) is 62.2 Å². The number of nitrogens with zero attached hydrogens (tertiary/aromatic N) is 3. The maximum absolute atomic E-state index is 3.45. The van der Waals surface area contributed by atoms with Gasteiger partial charge in [-0.05, 0) is 30.3 Å². The molecule has 22 heavy (non-hydrogen) atoms. The first-order valence-corrected chi connectivity index (χ1v) is 8.83. The molecule has 0 aromatic heterocycles. The minimum absolute atomic E-state index is 1.11. The fourth-order valence-corrected chi connectivity index (χ4v) is 3.65. The summed E-state index contributed by atoms with van der Waals surface area (Å²) in [6.07, 6.45) is 0. The Morgan fingerprint density at radius 3 is 2.59 bits per heavy atom. The van der Waals surface area contributed by atoms with Crippen LogP contribution in [0.1, 0.15) is 25.0 Å². The molecule has 4 heteroatoms. The van der Waals surface area contributed by atoms with Gasteiger partial charge in [-0.15, -0.1) is 0 Å². The second kappa shape index (κ2) is 7.44. The molecule has 122 valence electrons. The van der Waals surface area contributed by atoms with Crippen LogP contribution < -0.4 is 10.2 Å². The third-order valence-electron chi connectivity index (χ3n) is 5.11. The van der Waals surface area contributed by atoms with Gasteiger partial charge < -0.3 is 15.1 Å². The predicted octanol–water partition coefficient (Wildman–Crippen LogP) is 1.75. The van der Waals surface area contributed by atoms with Gasteiger partial charge in [0.1, 0.15) is 0 Å². The molecule has 0 spiro atoms. The number of likely N-dealkylation sites (N-methyl/N-ethyl adjacent to an activating group) is 1. The van der Waals surface area contributed by atoms with E-state index in [1.165, 1.54) is 24.3 Å². The molecule has 1 saturated heterocycles. The smallest absolute Gasteiger partial charge is 0.0416 e. The Hall–Kier alpha value is -1.10. The van der Waals surface area contributed by atoms with Gasteiger partial charge in [0.05, 0.1) is 0 Å². The van der Waals surface area contributed by atoms with E-state index in [2.05, 4.69) is 52.1 Å². The van der Waals surface area contributed by atoms with Crippen LogP contribution in [0.15, 0.2) is 18.2 Å². The average molecular weight is 302 g/mol. The molecule has 1 aromatic carbocycles. The summed E-state index contributed by atoms with van der Waals surface area (Å²) in [5, 5.41) is 3.45. The van der Waals surface area contributed by atoms with Crippen molar-refractivity contribution in [3.63, 3.8) is 0 Å². The topological polar surface area (TPSA) is 21.8 Å². The van der Waals surface area contributed by atoms with E-state index in [0.717, 1.165) is 52.4 Å². The largest absolute Gasteiger partial charge is 0.369 e. The van der Waals surface area contributed by atoms with E-state index in [1.54, 1.807) is 5.56 Å². The Kier molecular flexibility index (Phi) is 5.34. The zero-order valence-electron chi connectivity index (χ0n) is 14.1. The lowest BCUT2D eigenvalue weighted by molar-refractivity contribution is 0.216. The number of nitrogens with one attached hydrogen (secondary N) is 1. The maximum Gasteiger partial charge on any atom is 0.0416 e. The summed E-state index contributed by atoms with van der Waals surface area (Å²) in [6.45, 7) is 15.9. The van der Waals surface area contributed by atoms with E-state index in [9.17, 15) is 0 Å². The summed E-state index contributed by atoms with van der Waals surface area (Å²) in [7, 11) is 0. The molecule has 3 rings (SSSR count). The Morgan fingerprint density at radius 1 is 1.09 bits per heavy atom. The number of benzene rings is 1. The normalized spacial score (nSPS) is 19.0. The molecule has 0 bridgehead atoms. The van der Waals surface area contributed by atoms with Crippen LogP contribution >= 0.6 is 0 Å². The zero-order chi connectivity index (χ0) is 15.4. The first-order valence-electron chi connectivity index (χ1n) is 8.83. The maximum atomic E-state index is 3.45. The van der Waals surface area contributed by atoms with Gasteiger partial charge in [-0.3, -0.25) is 4.90 Å². The fourth-order valence-electron chi connectivity index (χ4n) is 3.65. The standard InChI is InChI=1S/C18H30N4/c1-3-20(4-2)12-13-21-14-16-6-5-7-18(17(16)15-21)22-10-8-19-9-11-22/h5-7,19H,3-4,8-15H2,1-2H3. The molecule has 1 aromatic rings. The molecule has 0 radical (unpaired) electrons. The number of anilines is 1. The third-order valence-corrected chi connectivity index (χ3v) is 5.11. The van der Waals surface area contributed by atoms with E-state index in [-0.39, 0.29) is 0 Å². The van der Waals surface area contributed by atoms with Crippen LogP contribution in [0.4, 0.5) is 5.69 Å². The Morgan fingerprint density at radius 2 is 1.86 bits per heavy atom. The number of piperazine rings is 1. The SMILES string of the molecule is CCN(CC)CCN1Cc2cccc(N3CCNCC3)c2C1. The lowest BCUT2D eigenvalue weighted by atomic mass is 10.1. The minimum atomic E-state index is 1.11. The Bertz CT molecular complexity index is 478. The molecule has 2 aliphatic heterocycles. The van der Waals surface area contributed by atoms with Crippen molar-refractivity contribution in [2.75, 3.05) is 57.3 Å². The first kappa shape index (κ1) is 15.8. The summed E-state index contributed by atoms with van der Waals surface area (Å²) >= 11 is 0. The van der Waals surface area contributed by atoms with Crippen molar-refractivity contribution in [3.05, 3.63) is 29.3 Å². The molecular formula is C18H30N4. The Labute approximate surface area is 135 Å². The fraction of sp³-hybridized carbons (Fsp3) is 0.667. The van der Waals surface area contributed by atoms with Gasteiger partial charge in [0.15, 0.2) is 0 Å². The third kappa shape index (κ3) is 3.45. The highest BCUT2D eigenvalue weighted by molar-refractivity contribution is 5.58. The van der Waals surface area contributed by atoms with Gasteiger partial charge in [0.25, 0.3) is 0 Å². The van der Waals surface area contributed by atoms with Crippen molar-refractivity contribution in [2.24, 2.45) is 0 Å². The van der Waals surface area contributed by atoms with Crippen LogP contribution in [0.3, 0.4) is 0 Å². The molecule has 0 atom stereocenters. The van der Waals surface area contributed by atoms with Crippen LogP contribution in [0.2, 0.25) is 0 Å². The monoisotopic (exact) mass is 302 g/mol. The molecule has 0 amide bonds. The van der Waals surface area contributed by atoms with Gasteiger partial charge in [-0.25, -0.2) is 0 Å². The first-order chi connectivity index (χ1) is 10.8. The van der Waals surface area contributed by atoms with Crippen molar-refractivity contribution in [1.29, 1.82) is 0 Å². The highest BCUT2D eigenvalue weighted by atomic mass is 15.2. The van der Waals surface area contributed by atoms with E-state index in [1.807, 2.05) is 0 Å².